The first kappa shape index (κ1) is 12.1. The van der Waals surface area contributed by atoms with Gasteiger partial charge in [-0.25, -0.2) is 0 Å². The summed E-state index contributed by atoms with van der Waals surface area (Å²) in [5.41, 5.74) is 1.63. The fourth-order valence-corrected chi connectivity index (χ4v) is 3.40. The Morgan fingerprint density at radius 1 is 1.00 bits per heavy atom. The van der Waals surface area contributed by atoms with Gasteiger partial charge in [0.25, 0.3) is 0 Å². The van der Waals surface area contributed by atoms with Crippen molar-refractivity contribution in [2.24, 2.45) is 0 Å². The summed E-state index contributed by atoms with van der Waals surface area (Å²) in [6.07, 6.45) is 0. The second-order valence-electron chi connectivity index (χ2n) is 3.24. The molecule has 16 heavy (non-hydrogen) atoms. The molecule has 0 fully saturated rings. The fraction of sp³-hybridized carbons (Fsp3) is 0.182. The Balaban J connectivity index is 2.14. The van der Waals surface area contributed by atoms with Crippen molar-refractivity contribution in [3.05, 3.63) is 44.8 Å². The van der Waals surface area contributed by atoms with Crippen molar-refractivity contribution >= 4 is 51.7 Å². The topological polar surface area (TPSA) is 17.1 Å². The number of alkyl halides is 2. The average Bonchev–Trinajstić information content (AvgIpc) is 2.97. The highest BCUT2D eigenvalue weighted by atomic mass is 35.5. The molecule has 0 N–H and O–H groups in total. The molecule has 84 valence electrons. The SMILES string of the molecule is O=C(C(Cl)c1ccsc1)C(Cl)c1ccsc1. The maximum absolute atomic E-state index is 12.0. The molecule has 0 spiro atoms. The molecule has 2 atom stereocenters. The number of carbonyl (C=O) groups is 1. The van der Waals surface area contributed by atoms with Crippen LogP contribution in [0.5, 0.6) is 0 Å². The minimum absolute atomic E-state index is 0.167. The van der Waals surface area contributed by atoms with E-state index in [0.717, 1.165) is 11.1 Å². The number of hydrogen-bond donors (Lipinski definition) is 0. The summed E-state index contributed by atoms with van der Waals surface area (Å²) in [7, 11) is 0. The summed E-state index contributed by atoms with van der Waals surface area (Å²) >= 11 is 15.2. The molecule has 0 aliphatic rings. The third-order valence-electron chi connectivity index (χ3n) is 2.17. The number of rotatable bonds is 4. The summed E-state index contributed by atoms with van der Waals surface area (Å²) in [4.78, 5) is 12.0. The number of halogens is 2. The molecule has 2 aromatic rings. The Labute approximate surface area is 112 Å². The predicted molar refractivity (Wildman–Crippen MR) is 70.8 cm³/mol. The number of ketones is 1. The molecule has 0 saturated heterocycles. The second kappa shape index (κ2) is 5.32. The fourth-order valence-electron chi connectivity index (χ4n) is 1.30. The summed E-state index contributed by atoms with van der Waals surface area (Å²) in [5, 5.41) is 6.21. The second-order valence-corrected chi connectivity index (χ2v) is 5.67. The van der Waals surface area contributed by atoms with Crippen LogP contribution in [0.1, 0.15) is 21.9 Å². The van der Waals surface area contributed by atoms with Gasteiger partial charge in [0.05, 0.1) is 0 Å². The smallest absolute Gasteiger partial charge is 0.177 e. The molecule has 0 radical (unpaired) electrons. The van der Waals surface area contributed by atoms with Crippen LogP contribution in [-0.2, 0) is 4.79 Å². The normalized spacial score (nSPS) is 14.6. The highest BCUT2D eigenvalue weighted by molar-refractivity contribution is 7.08. The largest absolute Gasteiger partial charge is 0.296 e. The van der Waals surface area contributed by atoms with Crippen molar-refractivity contribution in [1.29, 1.82) is 0 Å². The average molecular weight is 291 g/mol. The van der Waals surface area contributed by atoms with E-state index in [1.54, 1.807) is 0 Å². The molecule has 2 rings (SSSR count). The zero-order valence-electron chi connectivity index (χ0n) is 8.10. The standard InChI is InChI=1S/C11H8Cl2OS2/c12-9(7-1-3-15-5-7)11(14)10(13)8-2-4-16-6-8/h1-6,9-10H. The number of carbonyl (C=O) groups excluding carboxylic acids is 1. The zero-order valence-corrected chi connectivity index (χ0v) is 11.2. The maximum Gasteiger partial charge on any atom is 0.177 e. The molecule has 0 saturated carbocycles. The molecular formula is C11H8Cl2OS2. The number of thiophene rings is 2. The Morgan fingerprint density at radius 3 is 1.75 bits per heavy atom. The Kier molecular flexibility index (Phi) is 4.03. The van der Waals surface area contributed by atoms with E-state index in [1.807, 2.05) is 33.7 Å². The maximum atomic E-state index is 12.0. The van der Waals surface area contributed by atoms with Crippen LogP contribution in [0.3, 0.4) is 0 Å². The van der Waals surface area contributed by atoms with Crippen molar-refractivity contribution in [3.63, 3.8) is 0 Å². The lowest BCUT2D eigenvalue weighted by Gasteiger charge is -2.11. The monoisotopic (exact) mass is 290 g/mol. The lowest BCUT2D eigenvalue weighted by molar-refractivity contribution is -0.118. The van der Waals surface area contributed by atoms with E-state index >= 15 is 0 Å². The van der Waals surface area contributed by atoms with Crippen LogP contribution in [-0.4, -0.2) is 5.78 Å². The van der Waals surface area contributed by atoms with E-state index in [9.17, 15) is 4.79 Å². The van der Waals surface area contributed by atoms with Crippen LogP contribution in [0.25, 0.3) is 0 Å². The molecule has 2 aromatic heterocycles. The van der Waals surface area contributed by atoms with Crippen molar-refractivity contribution < 1.29 is 4.79 Å². The highest BCUT2D eigenvalue weighted by Crippen LogP contribution is 2.33. The van der Waals surface area contributed by atoms with E-state index in [1.165, 1.54) is 22.7 Å². The van der Waals surface area contributed by atoms with E-state index in [2.05, 4.69) is 0 Å². The predicted octanol–water partition coefficient (Wildman–Crippen LogP) is 4.64. The molecule has 2 unspecified atom stereocenters. The molecule has 1 nitrogen and oxygen atoms in total. The van der Waals surface area contributed by atoms with Gasteiger partial charge in [0.1, 0.15) is 10.8 Å². The van der Waals surface area contributed by atoms with Gasteiger partial charge in [0.15, 0.2) is 5.78 Å². The Bertz CT molecular complexity index is 408. The minimum atomic E-state index is -0.659. The van der Waals surface area contributed by atoms with Crippen molar-refractivity contribution in [1.82, 2.24) is 0 Å². The molecule has 0 aliphatic carbocycles. The molecule has 0 bridgehead atoms. The van der Waals surface area contributed by atoms with Crippen LogP contribution >= 0.6 is 45.9 Å². The molecule has 2 heterocycles. The lowest BCUT2D eigenvalue weighted by Crippen LogP contribution is -2.12. The molecular weight excluding hydrogens is 283 g/mol. The first-order chi connectivity index (χ1) is 7.70. The van der Waals surface area contributed by atoms with Gasteiger partial charge < -0.3 is 0 Å². The summed E-state index contributed by atoms with van der Waals surface area (Å²) in [6.45, 7) is 0. The summed E-state index contributed by atoms with van der Waals surface area (Å²) in [6, 6.07) is 3.69. The molecule has 0 amide bonds. The van der Waals surface area contributed by atoms with Gasteiger partial charge in [-0.2, -0.15) is 22.7 Å². The van der Waals surface area contributed by atoms with E-state index in [0.29, 0.717) is 0 Å². The summed E-state index contributed by atoms with van der Waals surface area (Å²) in [5.74, 6) is -0.167. The van der Waals surface area contributed by atoms with E-state index < -0.39 is 10.8 Å². The van der Waals surface area contributed by atoms with Crippen LogP contribution in [0.4, 0.5) is 0 Å². The van der Waals surface area contributed by atoms with Crippen molar-refractivity contribution in [3.8, 4) is 0 Å². The van der Waals surface area contributed by atoms with Gasteiger partial charge in [-0.15, -0.1) is 23.2 Å². The third kappa shape index (κ3) is 2.48. The van der Waals surface area contributed by atoms with Gasteiger partial charge in [0, 0.05) is 0 Å². The van der Waals surface area contributed by atoms with Crippen molar-refractivity contribution in [2.45, 2.75) is 10.8 Å². The third-order valence-corrected chi connectivity index (χ3v) is 4.51. The van der Waals surface area contributed by atoms with Crippen LogP contribution in [0.2, 0.25) is 0 Å². The summed E-state index contributed by atoms with van der Waals surface area (Å²) < 4.78 is 0. The van der Waals surface area contributed by atoms with E-state index in [-0.39, 0.29) is 5.78 Å². The van der Waals surface area contributed by atoms with Gasteiger partial charge in [-0.1, -0.05) is 0 Å². The van der Waals surface area contributed by atoms with Gasteiger partial charge >= 0.3 is 0 Å². The van der Waals surface area contributed by atoms with Crippen LogP contribution in [0.15, 0.2) is 33.7 Å². The van der Waals surface area contributed by atoms with Gasteiger partial charge in [-0.3, -0.25) is 4.79 Å². The van der Waals surface area contributed by atoms with E-state index in [4.69, 9.17) is 23.2 Å². The number of Topliss-reactive ketones (excluding diaryl/α,β-unsaturated/α-hetero) is 1. The first-order valence-electron chi connectivity index (χ1n) is 4.56. The van der Waals surface area contributed by atoms with Crippen LogP contribution in [0, 0.1) is 0 Å². The Morgan fingerprint density at radius 2 is 1.44 bits per heavy atom. The lowest BCUT2D eigenvalue weighted by atomic mass is 10.1. The van der Waals surface area contributed by atoms with Crippen molar-refractivity contribution in [2.75, 3.05) is 0 Å². The molecule has 0 aliphatic heterocycles. The molecule has 5 heteroatoms. The van der Waals surface area contributed by atoms with Crippen LogP contribution < -0.4 is 0 Å². The zero-order chi connectivity index (χ0) is 11.5. The minimum Gasteiger partial charge on any atom is -0.296 e. The quantitative estimate of drug-likeness (QED) is 0.750. The van der Waals surface area contributed by atoms with Gasteiger partial charge in [-0.05, 0) is 44.8 Å². The Hall–Kier alpha value is -0.350. The highest BCUT2D eigenvalue weighted by Gasteiger charge is 2.26. The molecule has 0 aromatic carbocycles. The number of hydrogen-bond acceptors (Lipinski definition) is 3. The van der Waals surface area contributed by atoms with Gasteiger partial charge in [0.2, 0.25) is 0 Å². The first-order valence-corrected chi connectivity index (χ1v) is 7.32.